The molecular formula is C26H25N3O2. The molecule has 5 nitrogen and oxygen atoms in total. The highest BCUT2D eigenvalue weighted by Crippen LogP contribution is 2.49. The van der Waals surface area contributed by atoms with Crippen molar-refractivity contribution in [3.63, 3.8) is 0 Å². The number of nitriles is 1. The molecule has 0 aliphatic carbocycles. The number of nitrogens with one attached hydrogen (secondary N) is 1. The first kappa shape index (κ1) is 20.5. The van der Waals surface area contributed by atoms with Gasteiger partial charge in [0.05, 0.1) is 31.6 Å². The highest BCUT2D eigenvalue weighted by atomic mass is 16.5. The number of amides is 1. The van der Waals surface area contributed by atoms with Crippen LogP contribution in [0.1, 0.15) is 35.6 Å². The Kier molecular flexibility index (Phi) is 5.90. The second kappa shape index (κ2) is 8.93. The van der Waals surface area contributed by atoms with E-state index in [1.54, 1.807) is 7.11 Å². The maximum atomic E-state index is 12.4. The third-order valence-electron chi connectivity index (χ3n) is 5.76. The minimum Gasteiger partial charge on any atom is -0.497 e. The maximum Gasteiger partial charge on any atom is 0.228 e. The van der Waals surface area contributed by atoms with Crippen LogP contribution in [-0.4, -0.2) is 19.6 Å². The van der Waals surface area contributed by atoms with Crippen LogP contribution in [0.25, 0.3) is 0 Å². The number of nitrogens with zero attached hydrogens (tertiary/aromatic N) is 2. The number of hydrogen-bond donors (Lipinski definition) is 1. The van der Waals surface area contributed by atoms with Crippen LogP contribution in [0.15, 0.2) is 72.8 Å². The van der Waals surface area contributed by atoms with E-state index in [2.05, 4.69) is 23.2 Å². The van der Waals surface area contributed by atoms with Crippen molar-refractivity contribution in [1.29, 1.82) is 5.26 Å². The molecule has 3 aromatic rings. The van der Waals surface area contributed by atoms with Gasteiger partial charge in [0.15, 0.2) is 0 Å². The molecule has 1 amide bonds. The SMILES string of the molecule is CCN1c2cc(OC)ccc2C(C#N)C1c1ccc(NC(=O)Cc2ccccc2)cc1. The molecule has 0 radical (unpaired) electrons. The molecule has 1 aliphatic heterocycles. The topological polar surface area (TPSA) is 65.4 Å². The lowest BCUT2D eigenvalue weighted by molar-refractivity contribution is -0.115. The van der Waals surface area contributed by atoms with Crippen molar-refractivity contribution in [2.24, 2.45) is 0 Å². The molecule has 5 heteroatoms. The zero-order chi connectivity index (χ0) is 21.8. The first-order valence-corrected chi connectivity index (χ1v) is 10.4. The Morgan fingerprint density at radius 2 is 1.84 bits per heavy atom. The second-order valence-corrected chi connectivity index (χ2v) is 7.59. The van der Waals surface area contributed by atoms with Crippen molar-refractivity contribution < 1.29 is 9.53 Å². The van der Waals surface area contributed by atoms with Crippen LogP contribution in [0, 0.1) is 11.3 Å². The summed E-state index contributed by atoms with van der Waals surface area (Å²) < 4.78 is 5.39. The van der Waals surface area contributed by atoms with Crippen LogP contribution < -0.4 is 15.0 Å². The second-order valence-electron chi connectivity index (χ2n) is 7.59. The number of methoxy groups -OCH3 is 1. The fourth-order valence-electron chi connectivity index (χ4n) is 4.29. The van der Waals surface area contributed by atoms with E-state index in [9.17, 15) is 10.1 Å². The third kappa shape index (κ3) is 4.10. The normalized spacial score (nSPS) is 17.0. The van der Waals surface area contributed by atoms with Gasteiger partial charge in [-0.1, -0.05) is 48.5 Å². The Balaban J connectivity index is 1.54. The highest BCUT2D eigenvalue weighted by molar-refractivity contribution is 5.92. The minimum absolute atomic E-state index is 0.0515. The van der Waals surface area contributed by atoms with Crippen molar-refractivity contribution in [2.45, 2.75) is 25.3 Å². The van der Waals surface area contributed by atoms with E-state index < -0.39 is 0 Å². The summed E-state index contributed by atoms with van der Waals surface area (Å²) in [5.41, 5.74) is 4.84. The maximum absolute atomic E-state index is 12.4. The number of rotatable bonds is 6. The zero-order valence-electron chi connectivity index (χ0n) is 17.7. The number of fused-ring (bicyclic) bond motifs is 1. The predicted octanol–water partition coefficient (Wildman–Crippen LogP) is 5.06. The summed E-state index contributed by atoms with van der Waals surface area (Å²) >= 11 is 0. The molecule has 1 aliphatic rings. The van der Waals surface area contributed by atoms with E-state index in [4.69, 9.17) is 4.74 Å². The molecule has 0 saturated carbocycles. The van der Waals surface area contributed by atoms with Crippen LogP contribution in [-0.2, 0) is 11.2 Å². The predicted molar refractivity (Wildman–Crippen MR) is 122 cm³/mol. The molecule has 2 unspecified atom stereocenters. The molecule has 0 aromatic heterocycles. The van der Waals surface area contributed by atoms with Gasteiger partial charge in [0.2, 0.25) is 5.91 Å². The lowest BCUT2D eigenvalue weighted by Gasteiger charge is -2.28. The van der Waals surface area contributed by atoms with Crippen LogP contribution in [0.2, 0.25) is 0 Å². The summed E-state index contributed by atoms with van der Waals surface area (Å²) in [4.78, 5) is 14.6. The molecule has 1 heterocycles. The van der Waals surface area contributed by atoms with Crippen molar-refractivity contribution in [1.82, 2.24) is 0 Å². The molecule has 1 N–H and O–H groups in total. The summed E-state index contributed by atoms with van der Waals surface area (Å²) in [5.74, 6) is 0.467. The van der Waals surface area contributed by atoms with Crippen LogP contribution in [0.4, 0.5) is 11.4 Å². The number of ether oxygens (including phenoxy) is 1. The molecule has 0 spiro atoms. The Bertz CT molecular complexity index is 1100. The van der Waals surface area contributed by atoms with Crippen molar-refractivity contribution in [3.05, 3.63) is 89.5 Å². The summed E-state index contributed by atoms with van der Waals surface area (Å²) in [6, 6.07) is 25.8. The van der Waals surface area contributed by atoms with Gasteiger partial charge in [-0.05, 0) is 41.8 Å². The average Bonchev–Trinajstić information content (AvgIpc) is 3.12. The molecule has 156 valence electrons. The summed E-state index contributed by atoms with van der Waals surface area (Å²) in [6.07, 6.45) is 0.336. The first-order chi connectivity index (χ1) is 15.1. The van der Waals surface area contributed by atoms with Gasteiger partial charge in [0.25, 0.3) is 0 Å². The largest absolute Gasteiger partial charge is 0.497 e. The van der Waals surface area contributed by atoms with Crippen LogP contribution in [0.5, 0.6) is 5.75 Å². The van der Waals surface area contributed by atoms with E-state index in [1.807, 2.05) is 72.8 Å². The number of benzene rings is 3. The van der Waals surface area contributed by atoms with E-state index in [1.165, 1.54) is 0 Å². The first-order valence-electron chi connectivity index (χ1n) is 10.4. The fourth-order valence-corrected chi connectivity index (χ4v) is 4.29. The highest BCUT2D eigenvalue weighted by Gasteiger charge is 2.39. The number of carbonyl (C=O) groups excluding carboxylic acids is 1. The molecule has 0 fully saturated rings. The van der Waals surface area contributed by atoms with E-state index in [-0.39, 0.29) is 17.9 Å². The van der Waals surface area contributed by atoms with Crippen molar-refractivity contribution in [2.75, 3.05) is 23.9 Å². The smallest absolute Gasteiger partial charge is 0.228 e. The van der Waals surface area contributed by atoms with Crippen LogP contribution in [0.3, 0.4) is 0 Å². The lowest BCUT2D eigenvalue weighted by atomic mass is 9.91. The van der Waals surface area contributed by atoms with E-state index in [0.717, 1.165) is 40.4 Å². The summed E-state index contributed by atoms with van der Waals surface area (Å²) in [7, 11) is 1.65. The third-order valence-corrected chi connectivity index (χ3v) is 5.76. The number of anilines is 2. The average molecular weight is 412 g/mol. The number of likely N-dealkylation sites (N-methyl/N-ethyl adjacent to an activating group) is 1. The van der Waals surface area contributed by atoms with Crippen molar-refractivity contribution >= 4 is 17.3 Å². The van der Waals surface area contributed by atoms with Gasteiger partial charge in [0.1, 0.15) is 5.75 Å². The number of carbonyl (C=O) groups is 1. The Labute approximate surface area is 182 Å². The fraction of sp³-hybridized carbons (Fsp3) is 0.231. The summed E-state index contributed by atoms with van der Waals surface area (Å²) in [6.45, 7) is 2.87. The van der Waals surface area contributed by atoms with Gasteiger partial charge in [-0.3, -0.25) is 4.79 Å². The van der Waals surface area contributed by atoms with Gasteiger partial charge in [-0.2, -0.15) is 5.26 Å². The Hall–Kier alpha value is -3.78. The minimum atomic E-state index is -0.264. The monoisotopic (exact) mass is 411 g/mol. The molecule has 3 aromatic carbocycles. The lowest BCUT2D eigenvalue weighted by Crippen LogP contribution is -2.26. The Morgan fingerprint density at radius 3 is 2.48 bits per heavy atom. The molecule has 31 heavy (non-hydrogen) atoms. The van der Waals surface area contributed by atoms with E-state index >= 15 is 0 Å². The zero-order valence-corrected chi connectivity index (χ0v) is 17.7. The van der Waals surface area contributed by atoms with Gasteiger partial charge in [0, 0.05) is 24.0 Å². The summed E-state index contributed by atoms with van der Waals surface area (Å²) in [5, 5.41) is 12.9. The van der Waals surface area contributed by atoms with Gasteiger partial charge < -0.3 is 15.0 Å². The van der Waals surface area contributed by atoms with E-state index in [0.29, 0.717) is 6.42 Å². The molecule has 0 saturated heterocycles. The van der Waals surface area contributed by atoms with Gasteiger partial charge in [-0.25, -0.2) is 0 Å². The Morgan fingerprint density at radius 1 is 1.10 bits per heavy atom. The molecule has 0 bridgehead atoms. The molecular weight excluding hydrogens is 386 g/mol. The van der Waals surface area contributed by atoms with Crippen molar-refractivity contribution in [3.8, 4) is 11.8 Å². The number of hydrogen-bond acceptors (Lipinski definition) is 4. The standard InChI is InChI=1S/C26H25N3O2/c1-3-29-24-16-21(31-2)13-14-22(24)23(17-27)26(29)19-9-11-20(12-10-19)28-25(30)15-18-7-5-4-6-8-18/h4-14,16,23,26H,3,15H2,1-2H3,(H,28,30). The van der Waals surface area contributed by atoms with Gasteiger partial charge in [-0.15, -0.1) is 0 Å². The van der Waals surface area contributed by atoms with Crippen LogP contribution >= 0.6 is 0 Å². The molecule has 4 rings (SSSR count). The van der Waals surface area contributed by atoms with Gasteiger partial charge >= 0.3 is 0 Å². The quantitative estimate of drug-likeness (QED) is 0.615. The molecule has 2 atom stereocenters.